The van der Waals surface area contributed by atoms with Crippen LogP contribution in [0.25, 0.3) is 0 Å². The van der Waals surface area contributed by atoms with Crippen molar-refractivity contribution < 1.29 is 14.3 Å². The number of rotatable bonds is 5. The molecule has 2 aromatic rings. The monoisotopic (exact) mass is 283 g/mol. The van der Waals surface area contributed by atoms with Crippen molar-refractivity contribution >= 4 is 17.4 Å². The summed E-state index contributed by atoms with van der Waals surface area (Å²) in [5.74, 6) is 0.381. The standard InChI is InChI=1S/C17H17NO3/c1-12-6-3-4-9-16(12)21-11-17(20)18-15-8-5-7-14(10-15)13(2)19/h3-10H,11H2,1-2H3,(H,18,20). The molecule has 0 radical (unpaired) electrons. The van der Waals surface area contributed by atoms with E-state index in [1.807, 2.05) is 31.2 Å². The van der Waals surface area contributed by atoms with Crippen molar-refractivity contribution in [2.24, 2.45) is 0 Å². The van der Waals surface area contributed by atoms with E-state index in [9.17, 15) is 9.59 Å². The number of hydrogen-bond acceptors (Lipinski definition) is 3. The van der Waals surface area contributed by atoms with Gasteiger partial charge in [-0.3, -0.25) is 9.59 Å². The Kier molecular flexibility index (Phi) is 4.72. The van der Waals surface area contributed by atoms with Crippen LogP contribution in [0.5, 0.6) is 5.75 Å². The largest absolute Gasteiger partial charge is 0.483 e. The molecule has 4 heteroatoms. The number of nitrogens with one attached hydrogen (secondary N) is 1. The average Bonchev–Trinajstić information content (AvgIpc) is 2.46. The second-order valence-electron chi connectivity index (χ2n) is 4.74. The molecule has 0 aromatic heterocycles. The molecule has 0 aliphatic rings. The van der Waals surface area contributed by atoms with Gasteiger partial charge in [-0.25, -0.2) is 0 Å². The van der Waals surface area contributed by atoms with Crippen LogP contribution in [0.2, 0.25) is 0 Å². The van der Waals surface area contributed by atoms with Gasteiger partial charge in [-0.05, 0) is 37.6 Å². The molecule has 108 valence electrons. The maximum Gasteiger partial charge on any atom is 0.262 e. The zero-order valence-electron chi connectivity index (χ0n) is 12.1. The summed E-state index contributed by atoms with van der Waals surface area (Å²) in [5.41, 5.74) is 2.12. The van der Waals surface area contributed by atoms with Gasteiger partial charge in [-0.2, -0.15) is 0 Å². The molecule has 2 rings (SSSR count). The Morgan fingerprint density at radius 3 is 2.57 bits per heavy atom. The zero-order chi connectivity index (χ0) is 15.2. The second-order valence-corrected chi connectivity index (χ2v) is 4.74. The van der Waals surface area contributed by atoms with Gasteiger partial charge in [0, 0.05) is 11.3 Å². The SMILES string of the molecule is CC(=O)c1cccc(NC(=O)COc2ccccc2C)c1. The van der Waals surface area contributed by atoms with Gasteiger partial charge in [-0.1, -0.05) is 30.3 Å². The average molecular weight is 283 g/mol. The molecule has 1 N–H and O–H groups in total. The van der Waals surface area contributed by atoms with E-state index in [-0.39, 0.29) is 18.3 Å². The molecular weight excluding hydrogens is 266 g/mol. The first-order valence-corrected chi connectivity index (χ1v) is 6.65. The fourth-order valence-corrected chi connectivity index (χ4v) is 1.87. The van der Waals surface area contributed by atoms with E-state index in [2.05, 4.69) is 5.32 Å². The van der Waals surface area contributed by atoms with Crippen LogP contribution in [-0.4, -0.2) is 18.3 Å². The summed E-state index contributed by atoms with van der Waals surface area (Å²) < 4.78 is 5.47. The van der Waals surface area contributed by atoms with Crippen molar-refractivity contribution in [3.05, 3.63) is 59.7 Å². The molecule has 0 bridgehead atoms. The minimum atomic E-state index is -0.265. The lowest BCUT2D eigenvalue weighted by molar-refractivity contribution is -0.118. The lowest BCUT2D eigenvalue weighted by Crippen LogP contribution is -2.20. The van der Waals surface area contributed by atoms with Crippen LogP contribution in [0.4, 0.5) is 5.69 Å². The predicted octanol–water partition coefficient (Wildman–Crippen LogP) is 3.22. The van der Waals surface area contributed by atoms with E-state index >= 15 is 0 Å². The Balaban J connectivity index is 1.95. The van der Waals surface area contributed by atoms with E-state index < -0.39 is 0 Å². The maximum atomic E-state index is 11.9. The minimum Gasteiger partial charge on any atom is -0.483 e. The normalized spacial score (nSPS) is 10.0. The van der Waals surface area contributed by atoms with Crippen LogP contribution in [0, 0.1) is 6.92 Å². The summed E-state index contributed by atoms with van der Waals surface area (Å²) in [7, 11) is 0. The smallest absolute Gasteiger partial charge is 0.262 e. The Morgan fingerprint density at radius 1 is 1.10 bits per heavy atom. The van der Waals surface area contributed by atoms with Gasteiger partial charge in [0.15, 0.2) is 12.4 Å². The highest BCUT2D eigenvalue weighted by Gasteiger charge is 2.06. The Hall–Kier alpha value is -2.62. The summed E-state index contributed by atoms with van der Waals surface area (Å²) in [6.45, 7) is 3.33. The van der Waals surface area contributed by atoms with Crippen LogP contribution < -0.4 is 10.1 Å². The zero-order valence-corrected chi connectivity index (χ0v) is 12.1. The molecule has 0 spiro atoms. The van der Waals surface area contributed by atoms with Gasteiger partial charge in [0.1, 0.15) is 5.75 Å². The maximum absolute atomic E-state index is 11.9. The highest BCUT2D eigenvalue weighted by Crippen LogP contribution is 2.16. The number of hydrogen-bond donors (Lipinski definition) is 1. The van der Waals surface area contributed by atoms with Gasteiger partial charge in [-0.15, -0.1) is 0 Å². The highest BCUT2D eigenvalue weighted by atomic mass is 16.5. The lowest BCUT2D eigenvalue weighted by Gasteiger charge is -2.09. The van der Waals surface area contributed by atoms with Crippen LogP contribution in [0.15, 0.2) is 48.5 Å². The number of carbonyl (C=O) groups is 2. The number of aryl methyl sites for hydroxylation is 1. The molecule has 0 aliphatic carbocycles. The third kappa shape index (κ3) is 4.18. The van der Waals surface area contributed by atoms with Crippen LogP contribution in [0.3, 0.4) is 0 Å². The number of amides is 1. The van der Waals surface area contributed by atoms with Crippen molar-refractivity contribution in [3.63, 3.8) is 0 Å². The Morgan fingerprint density at radius 2 is 1.86 bits per heavy atom. The summed E-state index contributed by atoms with van der Waals surface area (Å²) in [6, 6.07) is 14.3. The number of ether oxygens (including phenoxy) is 1. The first-order valence-electron chi connectivity index (χ1n) is 6.65. The van der Waals surface area contributed by atoms with E-state index in [1.165, 1.54) is 6.92 Å². The third-order valence-electron chi connectivity index (χ3n) is 3.01. The molecule has 4 nitrogen and oxygen atoms in total. The fourth-order valence-electron chi connectivity index (χ4n) is 1.87. The fraction of sp³-hybridized carbons (Fsp3) is 0.176. The molecule has 0 heterocycles. The highest BCUT2D eigenvalue weighted by molar-refractivity contribution is 5.97. The summed E-state index contributed by atoms with van der Waals surface area (Å²) in [4.78, 5) is 23.2. The minimum absolute atomic E-state index is 0.0396. The topological polar surface area (TPSA) is 55.4 Å². The number of ketones is 1. The van der Waals surface area contributed by atoms with Gasteiger partial charge < -0.3 is 10.1 Å². The molecule has 1 amide bonds. The molecule has 0 aliphatic heterocycles. The molecule has 0 unspecified atom stereocenters. The van der Waals surface area contributed by atoms with Gasteiger partial charge >= 0.3 is 0 Å². The lowest BCUT2D eigenvalue weighted by atomic mass is 10.1. The van der Waals surface area contributed by atoms with E-state index in [0.717, 1.165) is 5.56 Å². The van der Waals surface area contributed by atoms with Crippen molar-refractivity contribution in [3.8, 4) is 5.75 Å². The van der Waals surface area contributed by atoms with Crippen LogP contribution in [0.1, 0.15) is 22.8 Å². The quantitative estimate of drug-likeness (QED) is 0.857. The number of carbonyl (C=O) groups excluding carboxylic acids is 2. The molecule has 0 atom stereocenters. The molecule has 2 aromatic carbocycles. The molecule has 0 saturated heterocycles. The van der Waals surface area contributed by atoms with Crippen molar-refractivity contribution in [2.75, 3.05) is 11.9 Å². The Bertz CT molecular complexity index is 665. The first kappa shape index (κ1) is 14.8. The summed E-state index contributed by atoms with van der Waals surface area (Å²) in [5, 5.41) is 2.71. The molecule has 0 saturated carbocycles. The third-order valence-corrected chi connectivity index (χ3v) is 3.01. The van der Waals surface area contributed by atoms with Crippen molar-refractivity contribution in [2.45, 2.75) is 13.8 Å². The predicted molar refractivity (Wildman–Crippen MR) is 81.8 cm³/mol. The van der Waals surface area contributed by atoms with Gasteiger partial charge in [0.05, 0.1) is 0 Å². The van der Waals surface area contributed by atoms with E-state index in [0.29, 0.717) is 17.0 Å². The van der Waals surface area contributed by atoms with Crippen LogP contribution in [-0.2, 0) is 4.79 Å². The van der Waals surface area contributed by atoms with Crippen molar-refractivity contribution in [1.29, 1.82) is 0 Å². The second kappa shape index (κ2) is 6.70. The molecule has 21 heavy (non-hydrogen) atoms. The number of Topliss-reactive ketones (excluding diaryl/α,β-unsaturated/α-hetero) is 1. The van der Waals surface area contributed by atoms with Crippen LogP contribution >= 0.6 is 0 Å². The van der Waals surface area contributed by atoms with Crippen molar-refractivity contribution in [1.82, 2.24) is 0 Å². The van der Waals surface area contributed by atoms with E-state index in [1.54, 1.807) is 24.3 Å². The molecular formula is C17H17NO3. The van der Waals surface area contributed by atoms with Gasteiger partial charge in [0.2, 0.25) is 0 Å². The molecule has 0 fully saturated rings. The summed E-state index contributed by atoms with van der Waals surface area (Å²) >= 11 is 0. The Labute approximate surface area is 123 Å². The van der Waals surface area contributed by atoms with Gasteiger partial charge in [0.25, 0.3) is 5.91 Å². The number of anilines is 1. The first-order chi connectivity index (χ1) is 10.1. The van der Waals surface area contributed by atoms with E-state index in [4.69, 9.17) is 4.74 Å². The number of benzene rings is 2. The number of para-hydroxylation sites is 1. The summed E-state index contributed by atoms with van der Waals surface area (Å²) in [6.07, 6.45) is 0.